The normalized spacial score (nSPS) is 11.8. The number of esters is 1. The van der Waals surface area contributed by atoms with Crippen LogP contribution in [0.4, 0.5) is 0 Å². The van der Waals surface area contributed by atoms with Crippen LogP contribution in [0.15, 0.2) is 48.8 Å². The van der Waals surface area contributed by atoms with Gasteiger partial charge < -0.3 is 15.6 Å². The number of rotatable bonds is 6. The lowest BCUT2D eigenvalue weighted by Crippen LogP contribution is -2.23. The lowest BCUT2D eigenvalue weighted by atomic mass is 10.1. The largest absolute Gasteiger partial charge is 0.467 e. The minimum atomic E-state index is -1.24. The van der Waals surface area contributed by atoms with Gasteiger partial charge in [-0.2, -0.15) is 5.10 Å². The lowest BCUT2D eigenvalue weighted by Gasteiger charge is -2.05. The van der Waals surface area contributed by atoms with Crippen molar-refractivity contribution in [3.63, 3.8) is 0 Å². The molecule has 9 heteroatoms. The first kappa shape index (κ1) is 18.2. The monoisotopic (exact) mass is 366 g/mol. The van der Waals surface area contributed by atoms with Crippen LogP contribution < -0.4 is 5.73 Å². The molecule has 0 aliphatic carbocycles. The molecule has 0 bridgehead atoms. The molecule has 0 saturated heterocycles. The standard InChI is InChI=1S/C18H18N6O3/c1-27-18(26)15(25)8-11-9-21-24(10-11)16-7-6-14(22-23-16)12-2-4-13(5-3-12)17(19)20/h2-7,9-10,15,25H,8H2,1H3,(H3,19,20). The summed E-state index contributed by atoms with van der Waals surface area (Å²) in [6, 6.07) is 10.7. The number of carbonyl (C=O) groups excluding carboxylic acids is 1. The van der Waals surface area contributed by atoms with Gasteiger partial charge in [-0.25, -0.2) is 9.48 Å². The van der Waals surface area contributed by atoms with Gasteiger partial charge in [0.25, 0.3) is 0 Å². The zero-order valence-corrected chi connectivity index (χ0v) is 14.5. The summed E-state index contributed by atoms with van der Waals surface area (Å²) in [5.41, 5.74) is 8.27. The average molecular weight is 366 g/mol. The molecule has 0 radical (unpaired) electrons. The van der Waals surface area contributed by atoms with E-state index < -0.39 is 12.1 Å². The first-order chi connectivity index (χ1) is 13.0. The first-order valence-corrected chi connectivity index (χ1v) is 8.06. The van der Waals surface area contributed by atoms with Crippen molar-refractivity contribution in [3.05, 3.63) is 59.9 Å². The van der Waals surface area contributed by atoms with Gasteiger partial charge in [0, 0.05) is 23.7 Å². The van der Waals surface area contributed by atoms with E-state index in [2.05, 4.69) is 20.0 Å². The Morgan fingerprint density at radius 1 is 1.26 bits per heavy atom. The Labute approximate surface area is 154 Å². The highest BCUT2D eigenvalue weighted by Gasteiger charge is 2.17. The van der Waals surface area contributed by atoms with Crippen molar-refractivity contribution in [2.45, 2.75) is 12.5 Å². The number of aromatic nitrogens is 4. The predicted molar refractivity (Wildman–Crippen MR) is 97.3 cm³/mol. The smallest absolute Gasteiger partial charge is 0.335 e. The molecule has 0 spiro atoms. The maximum Gasteiger partial charge on any atom is 0.335 e. The minimum absolute atomic E-state index is 0.00906. The Hall–Kier alpha value is -3.59. The first-order valence-electron chi connectivity index (χ1n) is 8.06. The molecular weight excluding hydrogens is 348 g/mol. The second-order valence-electron chi connectivity index (χ2n) is 5.80. The van der Waals surface area contributed by atoms with Gasteiger partial charge in [0.2, 0.25) is 0 Å². The summed E-state index contributed by atoms with van der Waals surface area (Å²) in [6.07, 6.45) is 2.07. The maximum absolute atomic E-state index is 11.3. The van der Waals surface area contributed by atoms with Crippen molar-refractivity contribution < 1.29 is 14.6 Å². The zero-order chi connectivity index (χ0) is 19.4. The quantitative estimate of drug-likeness (QED) is 0.331. The summed E-state index contributed by atoms with van der Waals surface area (Å²) in [5.74, 6) is -0.185. The summed E-state index contributed by atoms with van der Waals surface area (Å²) in [5, 5.41) is 29.6. The fourth-order valence-electron chi connectivity index (χ4n) is 2.46. The number of benzene rings is 1. The van der Waals surface area contributed by atoms with Gasteiger partial charge >= 0.3 is 5.97 Å². The number of ether oxygens (including phenoxy) is 1. The van der Waals surface area contributed by atoms with E-state index in [1.807, 2.05) is 12.1 Å². The van der Waals surface area contributed by atoms with E-state index in [0.717, 1.165) is 5.56 Å². The van der Waals surface area contributed by atoms with Gasteiger partial charge in [0.05, 0.1) is 19.0 Å². The number of nitrogen functional groups attached to an aromatic ring is 1. The summed E-state index contributed by atoms with van der Waals surface area (Å²) in [4.78, 5) is 11.3. The number of nitrogens with two attached hydrogens (primary N) is 1. The van der Waals surface area contributed by atoms with Crippen LogP contribution in [0.25, 0.3) is 17.1 Å². The van der Waals surface area contributed by atoms with Gasteiger partial charge in [0.15, 0.2) is 11.9 Å². The van der Waals surface area contributed by atoms with Crippen LogP contribution in [-0.4, -0.2) is 50.1 Å². The highest BCUT2D eigenvalue weighted by molar-refractivity contribution is 5.95. The van der Waals surface area contributed by atoms with E-state index in [0.29, 0.717) is 22.6 Å². The van der Waals surface area contributed by atoms with Crippen LogP contribution in [-0.2, 0) is 16.0 Å². The molecule has 3 aromatic rings. The number of hydrogen-bond donors (Lipinski definition) is 3. The molecule has 0 amide bonds. The lowest BCUT2D eigenvalue weighted by molar-refractivity contribution is -0.150. The third kappa shape index (κ3) is 4.15. The van der Waals surface area contributed by atoms with Crippen molar-refractivity contribution >= 4 is 11.8 Å². The molecule has 3 rings (SSSR count). The molecule has 0 aliphatic rings. The Balaban J connectivity index is 1.74. The van der Waals surface area contributed by atoms with Crippen LogP contribution in [0.3, 0.4) is 0 Å². The number of methoxy groups -OCH3 is 1. The molecule has 9 nitrogen and oxygen atoms in total. The summed E-state index contributed by atoms with van der Waals surface area (Å²) in [6.45, 7) is 0. The van der Waals surface area contributed by atoms with Crippen molar-refractivity contribution in [3.8, 4) is 17.1 Å². The van der Waals surface area contributed by atoms with E-state index in [4.69, 9.17) is 11.1 Å². The van der Waals surface area contributed by atoms with E-state index >= 15 is 0 Å². The van der Waals surface area contributed by atoms with Crippen LogP contribution in [0.5, 0.6) is 0 Å². The molecular formula is C18H18N6O3. The van der Waals surface area contributed by atoms with Crippen LogP contribution in [0.2, 0.25) is 0 Å². The number of hydrogen-bond acceptors (Lipinski definition) is 7. The summed E-state index contributed by atoms with van der Waals surface area (Å²) < 4.78 is 6.00. The number of nitrogens with zero attached hydrogens (tertiary/aromatic N) is 4. The molecule has 0 fully saturated rings. The number of nitrogens with one attached hydrogen (secondary N) is 1. The van der Waals surface area contributed by atoms with Crippen LogP contribution in [0.1, 0.15) is 11.1 Å². The van der Waals surface area contributed by atoms with Crippen molar-refractivity contribution in [1.29, 1.82) is 5.41 Å². The van der Waals surface area contributed by atoms with Crippen LogP contribution >= 0.6 is 0 Å². The Kier molecular flexibility index (Phi) is 5.23. The second-order valence-corrected chi connectivity index (χ2v) is 5.80. The van der Waals surface area contributed by atoms with Crippen molar-refractivity contribution in [1.82, 2.24) is 20.0 Å². The molecule has 138 valence electrons. The molecule has 1 unspecified atom stereocenters. The number of aliphatic hydroxyl groups excluding tert-OH is 1. The third-order valence-electron chi connectivity index (χ3n) is 3.92. The van der Waals surface area contributed by atoms with Crippen molar-refractivity contribution in [2.75, 3.05) is 7.11 Å². The summed E-state index contributed by atoms with van der Waals surface area (Å²) in [7, 11) is 1.22. The topological polar surface area (TPSA) is 140 Å². The van der Waals surface area contributed by atoms with Gasteiger partial charge in [-0.1, -0.05) is 24.3 Å². The number of amidine groups is 1. The second kappa shape index (κ2) is 7.75. The maximum atomic E-state index is 11.3. The Morgan fingerprint density at radius 2 is 2.00 bits per heavy atom. The average Bonchev–Trinajstić information content (AvgIpc) is 3.16. The predicted octanol–water partition coefficient (Wildman–Crippen LogP) is 0.690. The van der Waals surface area contributed by atoms with Gasteiger partial charge in [-0.05, 0) is 17.7 Å². The van der Waals surface area contributed by atoms with E-state index in [9.17, 15) is 9.90 Å². The van der Waals surface area contributed by atoms with E-state index in [-0.39, 0.29) is 12.3 Å². The van der Waals surface area contributed by atoms with E-state index in [1.165, 1.54) is 11.8 Å². The van der Waals surface area contributed by atoms with Gasteiger partial charge in [0.1, 0.15) is 5.84 Å². The molecule has 0 saturated carbocycles. The fourth-order valence-corrected chi connectivity index (χ4v) is 2.46. The number of aliphatic hydroxyl groups is 1. The SMILES string of the molecule is COC(=O)C(O)Cc1cnn(-c2ccc(-c3ccc(C(=N)N)cc3)nn2)c1. The third-order valence-corrected chi connectivity index (χ3v) is 3.92. The zero-order valence-electron chi connectivity index (χ0n) is 14.5. The van der Waals surface area contributed by atoms with Gasteiger partial charge in [-0.15, -0.1) is 10.2 Å². The summed E-state index contributed by atoms with van der Waals surface area (Å²) >= 11 is 0. The molecule has 1 aromatic carbocycles. The minimum Gasteiger partial charge on any atom is -0.467 e. The Bertz CT molecular complexity index is 950. The van der Waals surface area contributed by atoms with Gasteiger partial charge in [-0.3, -0.25) is 5.41 Å². The molecule has 4 N–H and O–H groups in total. The van der Waals surface area contributed by atoms with Crippen molar-refractivity contribution in [2.24, 2.45) is 5.73 Å². The molecule has 0 aliphatic heterocycles. The molecule has 2 aromatic heterocycles. The Morgan fingerprint density at radius 3 is 2.59 bits per heavy atom. The molecule has 2 heterocycles. The van der Waals surface area contributed by atoms with Crippen LogP contribution in [0, 0.1) is 5.41 Å². The molecule has 27 heavy (non-hydrogen) atoms. The fraction of sp³-hybridized carbons (Fsp3) is 0.167. The number of carbonyl (C=O) groups is 1. The highest BCUT2D eigenvalue weighted by Crippen LogP contribution is 2.18. The molecule has 1 atom stereocenters. The van der Waals surface area contributed by atoms with E-state index in [1.54, 1.807) is 36.7 Å². The highest BCUT2D eigenvalue weighted by atomic mass is 16.5.